The van der Waals surface area contributed by atoms with Crippen LogP contribution in [0.3, 0.4) is 0 Å². The van der Waals surface area contributed by atoms with Crippen LogP contribution in [0.5, 0.6) is 0 Å². The average Bonchev–Trinajstić information content (AvgIpc) is 2.00. The summed E-state index contributed by atoms with van der Waals surface area (Å²) in [5.74, 6) is 0.250. The lowest BCUT2D eigenvalue weighted by Gasteiger charge is -2.05. The lowest BCUT2D eigenvalue weighted by molar-refractivity contribution is -0.133. The van der Waals surface area contributed by atoms with Gasteiger partial charge in [0.15, 0.2) is 0 Å². The molecule has 1 rings (SSSR count). The van der Waals surface area contributed by atoms with Gasteiger partial charge in [-0.25, -0.2) is 4.98 Å². The van der Waals surface area contributed by atoms with Crippen molar-refractivity contribution in [2.45, 2.75) is 19.0 Å². The van der Waals surface area contributed by atoms with Crippen molar-refractivity contribution in [1.82, 2.24) is 4.98 Å². The van der Waals surface area contributed by atoms with Gasteiger partial charge in [-0.1, -0.05) is 0 Å². The number of pyridine rings is 1. The molecule has 0 aliphatic heterocycles. The smallest absolute Gasteiger partial charge is 0.384 e. The van der Waals surface area contributed by atoms with Crippen molar-refractivity contribution in [3.63, 3.8) is 0 Å². The van der Waals surface area contributed by atoms with Gasteiger partial charge in [-0.05, 0) is 24.1 Å². The van der Waals surface area contributed by atoms with Gasteiger partial charge in [0.25, 0.3) is 0 Å². The number of rotatable bonds is 2. The third-order valence-corrected chi connectivity index (χ3v) is 1.54. The van der Waals surface area contributed by atoms with Crippen molar-refractivity contribution in [2.24, 2.45) is 0 Å². The molecule has 0 saturated carbocycles. The highest BCUT2D eigenvalue weighted by atomic mass is 19.4. The number of aryl methyl sites for hydroxylation is 1. The normalized spacial score (nSPS) is 11.6. The maximum atomic E-state index is 11.8. The number of anilines is 1. The number of halogens is 3. The Hall–Kier alpha value is -1.26. The molecule has 1 aromatic rings. The maximum absolute atomic E-state index is 11.8. The van der Waals surface area contributed by atoms with Crippen LogP contribution in [0.15, 0.2) is 18.3 Å². The van der Waals surface area contributed by atoms with Crippen molar-refractivity contribution in [3.05, 3.63) is 23.9 Å². The first kappa shape index (κ1) is 9.83. The summed E-state index contributed by atoms with van der Waals surface area (Å²) in [6, 6.07) is 2.98. The van der Waals surface area contributed by atoms with E-state index in [-0.39, 0.29) is 12.2 Å². The first-order valence-corrected chi connectivity index (χ1v) is 3.74. The zero-order chi connectivity index (χ0) is 9.90. The maximum Gasteiger partial charge on any atom is 0.389 e. The molecule has 1 aromatic heterocycles. The van der Waals surface area contributed by atoms with E-state index >= 15 is 0 Å². The number of hydrogen-bond donors (Lipinski definition) is 1. The number of aromatic nitrogens is 1. The monoisotopic (exact) mass is 190 g/mol. The number of nitrogens with zero attached hydrogens (tertiary/aromatic N) is 1. The van der Waals surface area contributed by atoms with Gasteiger partial charge in [-0.2, -0.15) is 13.2 Å². The number of nitrogens with two attached hydrogens (primary N) is 1. The lowest BCUT2D eigenvalue weighted by atomic mass is 10.1. The van der Waals surface area contributed by atoms with Gasteiger partial charge in [0.1, 0.15) is 5.82 Å². The van der Waals surface area contributed by atoms with Crippen LogP contribution < -0.4 is 5.73 Å². The molecule has 1 heterocycles. The van der Waals surface area contributed by atoms with Gasteiger partial charge in [-0.15, -0.1) is 0 Å². The Labute approximate surface area is 73.6 Å². The molecule has 2 nitrogen and oxygen atoms in total. The second-order valence-corrected chi connectivity index (χ2v) is 2.70. The predicted molar refractivity (Wildman–Crippen MR) is 43.0 cm³/mol. The van der Waals surface area contributed by atoms with Crippen LogP contribution in [0, 0.1) is 0 Å². The van der Waals surface area contributed by atoms with Gasteiger partial charge in [0, 0.05) is 12.6 Å². The van der Waals surface area contributed by atoms with Crippen molar-refractivity contribution >= 4 is 5.82 Å². The van der Waals surface area contributed by atoms with Crippen LogP contribution in [0.2, 0.25) is 0 Å². The van der Waals surface area contributed by atoms with Gasteiger partial charge >= 0.3 is 6.18 Å². The predicted octanol–water partition coefficient (Wildman–Crippen LogP) is 2.16. The molecule has 0 aliphatic carbocycles. The van der Waals surface area contributed by atoms with E-state index in [0.29, 0.717) is 5.56 Å². The number of nitrogen functional groups attached to an aromatic ring is 1. The molecule has 72 valence electrons. The Morgan fingerprint density at radius 3 is 2.62 bits per heavy atom. The minimum absolute atomic E-state index is 0.0454. The summed E-state index contributed by atoms with van der Waals surface area (Å²) in [4.78, 5) is 3.68. The molecule has 0 aliphatic rings. The fourth-order valence-corrected chi connectivity index (χ4v) is 0.936. The van der Waals surface area contributed by atoms with Gasteiger partial charge in [-0.3, -0.25) is 0 Å². The quantitative estimate of drug-likeness (QED) is 0.776. The topological polar surface area (TPSA) is 38.9 Å². The Morgan fingerprint density at radius 1 is 1.38 bits per heavy atom. The molecule has 0 radical (unpaired) electrons. The summed E-state index contributed by atoms with van der Waals surface area (Å²) < 4.78 is 35.4. The lowest BCUT2D eigenvalue weighted by Crippen LogP contribution is -2.08. The second kappa shape index (κ2) is 3.64. The summed E-state index contributed by atoms with van der Waals surface area (Å²) in [5, 5.41) is 0. The fourth-order valence-electron chi connectivity index (χ4n) is 0.936. The Kier molecular flexibility index (Phi) is 2.75. The van der Waals surface area contributed by atoms with E-state index in [1.807, 2.05) is 0 Å². The Morgan fingerprint density at radius 2 is 2.08 bits per heavy atom. The van der Waals surface area contributed by atoms with E-state index in [2.05, 4.69) is 4.98 Å². The minimum atomic E-state index is -4.11. The molecule has 0 aromatic carbocycles. The Bertz CT molecular complexity index is 283. The molecule has 0 fully saturated rings. The van der Waals surface area contributed by atoms with E-state index in [1.165, 1.54) is 18.3 Å². The van der Waals surface area contributed by atoms with Crippen molar-refractivity contribution in [3.8, 4) is 0 Å². The van der Waals surface area contributed by atoms with Crippen molar-refractivity contribution < 1.29 is 13.2 Å². The number of alkyl halides is 3. The Balaban J connectivity index is 2.55. The standard InChI is InChI=1S/C8H9F3N2/c9-8(10,11)3-1-6-2-4-13-7(12)5-6/h2,4-5H,1,3H2,(H2,12,13). The van der Waals surface area contributed by atoms with E-state index in [0.717, 1.165) is 0 Å². The van der Waals surface area contributed by atoms with E-state index in [9.17, 15) is 13.2 Å². The van der Waals surface area contributed by atoms with Crippen LogP contribution in [0.1, 0.15) is 12.0 Å². The molecule has 0 unspecified atom stereocenters. The van der Waals surface area contributed by atoms with Crippen LogP contribution in [0.4, 0.5) is 19.0 Å². The largest absolute Gasteiger partial charge is 0.389 e. The molecule has 0 atom stereocenters. The third-order valence-electron chi connectivity index (χ3n) is 1.54. The molecule has 0 saturated heterocycles. The molecular weight excluding hydrogens is 181 g/mol. The van der Waals surface area contributed by atoms with Crippen LogP contribution in [-0.2, 0) is 6.42 Å². The van der Waals surface area contributed by atoms with Crippen molar-refractivity contribution in [1.29, 1.82) is 0 Å². The fraction of sp³-hybridized carbons (Fsp3) is 0.375. The highest BCUT2D eigenvalue weighted by molar-refractivity contribution is 5.31. The van der Waals surface area contributed by atoms with Gasteiger partial charge in [0.05, 0.1) is 0 Å². The summed E-state index contributed by atoms with van der Waals surface area (Å²) >= 11 is 0. The van der Waals surface area contributed by atoms with E-state index in [1.54, 1.807) is 0 Å². The number of hydrogen-bond acceptors (Lipinski definition) is 2. The zero-order valence-corrected chi connectivity index (χ0v) is 6.80. The summed E-state index contributed by atoms with van der Waals surface area (Å²) in [6.07, 6.45) is -3.58. The minimum Gasteiger partial charge on any atom is -0.384 e. The summed E-state index contributed by atoms with van der Waals surface area (Å²) in [7, 11) is 0. The van der Waals surface area contributed by atoms with E-state index in [4.69, 9.17) is 5.73 Å². The summed E-state index contributed by atoms with van der Waals surface area (Å²) in [6.45, 7) is 0. The molecule has 2 N–H and O–H groups in total. The molecular formula is C8H9F3N2. The third kappa shape index (κ3) is 3.78. The van der Waals surface area contributed by atoms with Crippen LogP contribution in [-0.4, -0.2) is 11.2 Å². The summed E-state index contributed by atoms with van der Waals surface area (Å²) in [5.41, 5.74) is 5.87. The SMILES string of the molecule is Nc1cc(CCC(F)(F)F)ccn1. The van der Waals surface area contributed by atoms with Crippen molar-refractivity contribution in [2.75, 3.05) is 5.73 Å². The van der Waals surface area contributed by atoms with Crippen LogP contribution in [0.25, 0.3) is 0 Å². The molecule has 0 amide bonds. The van der Waals surface area contributed by atoms with Gasteiger partial charge in [0.2, 0.25) is 0 Å². The second-order valence-electron chi connectivity index (χ2n) is 2.70. The van der Waals surface area contributed by atoms with Gasteiger partial charge < -0.3 is 5.73 Å². The molecule has 5 heteroatoms. The highest BCUT2D eigenvalue weighted by Crippen LogP contribution is 2.22. The first-order chi connectivity index (χ1) is 5.97. The van der Waals surface area contributed by atoms with Crippen LogP contribution >= 0.6 is 0 Å². The van der Waals surface area contributed by atoms with E-state index < -0.39 is 12.6 Å². The molecule has 13 heavy (non-hydrogen) atoms. The molecule has 0 spiro atoms. The highest BCUT2D eigenvalue weighted by Gasteiger charge is 2.26. The zero-order valence-electron chi connectivity index (χ0n) is 6.80. The average molecular weight is 190 g/mol. The molecule has 0 bridgehead atoms. The first-order valence-electron chi connectivity index (χ1n) is 3.74.